The lowest BCUT2D eigenvalue weighted by Gasteiger charge is -2.35. The highest BCUT2D eigenvalue weighted by Crippen LogP contribution is 2.28. The number of fused-ring (bicyclic) bond motifs is 1. The molecule has 3 aliphatic rings. The molecule has 5 rings (SSSR count). The van der Waals surface area contributed by atoms with E-state index in [1.165, 1.54) is 0 Å². The lowest BCUT2D eigenvalue weighted by molar-refractivity contribution is 0.0664. The lowest BCUT2D eigenvalue weighted by Crippen LogP contribution is -2.43. The third-order valence-electron chi connectivity index (χ3n) is 7.11. The Hall–Kier alpha value is -3.39. The molecule has 4 heterocycles. The largest absolute Gasteiger partial charge is 0.355 e. The van der Waals surface area contributed by atoms with Crippen LogP contribution in [0.4, 0.5) is 0 Å². The van der Waals surface area contributed by atoms with Gasteiger partial charge >= 0.3 is 0 Å². The molecule has 0 aliphatic carbocycles. The van der Waals surface area contributed by atoms with Crippen LogP contribution in [0.1, 0.15) is 43.0 Å². The molecule has 8 heteroatoms. The predicted octanol–water partition coefficient (Wildman–Crippen LogP) is 3.28. The van der Waals surface area contributed by atoms with Crippen LogP contribution in [0, 0.1) is 0 Å². The van der Waals surface area contributed by atoms with Crippen LogP contribution in [-0.2, 0) is 7.05 Å². The number of amidine groups is 1. The predicted molar refractivity (Wildman–Crippen MR) is 136 cm³/mol. The van der Waals surface area contributed by atoms with Crippen molar-refractivity contribution in [2.75, 3.05) is 19.6 Å². The van der Waals surface area contributed by atoms with E-state index in [9.17, 15) is 4.79 Å². The van der Waals surface area contributed by atoms with E-state index >= 15 is 0 Å². The van der Waals surface area contributed by atoms with E-state index in [0.717, 1.165) is 73.2 Å². The molecule has 0 saturated carbocycles. The summed E-state index contributed by atoms with van der Waals surface area (Å²) >= 11 is 0. The van der Waals surface area contributed by atoms with Gasteiger partial charge in [-0.1, -0.05) is 6.07 Å². The third-order valence-corrected chi connectivity index (χ3v) is 7.11. The van der Waals surface area contributed by atoms with Crippen LogP contribution < -0.4 is 5.73 Å². The van der Waals surface area contributed by atoms with Crippen molar-refractivity contribution in [3.63, 3.8) is 0 Å². The summed E-state index contributed by atoms with van der Waals surface area (Å²) in [4.78, 5) is 23.0. The molecule has 1 aromatic carbocycles. The number of hydrogen-bond acceptors (Lipinski definition) is 6. The van der Waals surface area contributed by atoms with Crippen LogP contribution >= 0.6 is 0 Å². The highest BCUT2D eigenvalue weighted by Gasteiger charge is 2.30. The van der Waals surface area contributed by atoms with Crippen LogP contribution in [0.15, 0.2) is 64.2 Å². The number of likely N-dealkylation sites (tertiary alicyclic amines) is 2. The fraction of sp³-hybridized carbons (Fsp3) is 0.423. The van der Waals surface area contributed by atoms with Crippen molar-refractivity contribution in [3.8, 4) is 0 Å². The third kappa shape index (κ3) is 4.03. The Morgan fingerprint density at radius 1 is 1.24 bits per heavy atom. The summed E-state index contributed by atoms with van der Waals surface area (Å²) in [7, 11) is 2.00. The Bertz CT molecular complexity index is 1210. The Labute approximate surface area is 200 Å². The van der Waals surface area contributed by atoms with Crippen LogP contribution in [-0.4, -0.2) is 69.6 Å². The van der Waals surface area contributed by atoms with Gasteiger partial charge in [0.1, 0.15) is 5.84 Å². The highest BCUT2D eigenvalue weighted by atomic mass is 16.2. The van der Waals surface area contributed by atoms with E-state index in [1.54, 1.807) is 5.01 Å². The second-order valence-electron chi connectivity index (χ2n) is 9.48. The summed E-state index contributed by atoms with van der Waals surface area (Å²) in [6, 6.07) is 8.08. The molecule has 8 nitrogen and oxygen atoms in total. The number of nitrogens with zero attached hydrogens (tertiary/aromatic N) is 6. The number of carbonyl (C=O) groups excluding carboxylic acids is 1. The van der Waals surface area contributed by atoms with Gasteiger partial charge in [0.2, 0.25) is 0 Å². The average molecular weight is 460 g/mol. The molecular weight excluding hydrogens is 426 g/mol. The Kier molecular flexibility index (Phi) is 6.00. The molecular formula is C26H33N7O. The fourth-order valence-corrected chi connectivity index (χ4v) is 5.28. The first-order valence-corrected chi connectivity index (χ1v) is 12.1. The molecule has 0 bridgehead atoms. The van der Waals surface area contributed by atoms with Crippen molar-refractivity contribution >= 4 is 29.4 Å². The van der Waals surface area contributed by atoms with Gasteiger partial charge in [-0.15, -0.1) is 0 Å². The maximum absolute atomic E-state index is 13.8. The zero-order valence-corrected chi connectivity index (χ0v) is 20.0. The molecule has 3 aliphatic heterocycles. The number of hydrazone groups is 1. The summed E-state index contributed by atoms with van der Waals surface area (Å²) < 4.78 is 2.05. The summed E-state index contributed by atoms with van der Waals surface area (Å²) in [5.41, 5.74) is 8.99. The monoisotopic (exact) mass is 459 g/mol. The number of nitrogens with two attached hydrogens (primary N) is 1. The van der Waals surface area contributed by atoms with Crippen molar-refractivity contribution in [1.29, 1.82) is 0 Å². The molecule has 0 radical (unpaired) electrons. The first kappa shape index (κ1) is 22.4. The van der Waals surface area contributed by atoms with Crippen LogP contribution in [0.25, 0.3) is 10.9 Å². The first-order chi connectivity index (χ1) is 16.5. The normalized spacial score (nSPS) is 24.6. The summed E-state index contributed by atoms with van der Waals surface area (Å²) in [5, 5.41) is 6.88. The molecule has 2 N–H and O–H groups in total. The van der Waals surface area contributed by atoms with E-state index < -0.39 is 0 Å². The van der Waals surface area contributed by atoms with Crippen molar-refractivity contribution in [2.45, 2.75) is 44.7 Å². The number of hydrogen-bond donors (Lipinski definition) is 1. The molecule has 0 spiro atoms. The first-order valence-electron chi connectivity index (χ1n) is 12.1. The van der Waals surface area contributed by atoms with E-state index in [1.807, 2.05) is 60.1 Å². The Balaban J connectivity index is 1.48. The zero-order chi connectivity index (χ0) is 23.8. The average Bonchev–Trinajstić information content (AvgIpc) is 3.45. The minimum absolute atomic E-state index is 0.0582. The van der Waals surface area contributed by atoms with E-state index in [0.29, 0.717) is 5.82 Å². The van der Waals surface area contributed by atoms with Gasteiger partial charge < -0.3 is 20.1 Å². The van der Waals surface area contributed by atoms with Crippen LogP contribution in [0.2, 0.25) is 0 Å². The molecule has 2 saturated heterocycles. The van der Waals surface area contributed by atoms with Crippen molar-refractivity contribution in [2.24, 2.45) is 22.9 Å². The van der Waals surface area contributed by atoms with Crippen LogP contribution in [0.5, 0.6) is 0 Å². The van der Waals surface area contributed by atoms with Gasteiger partial charge in [-0.05, 0) is 56.9 Å². The molecule has 2 aromatic rings. The van der Waals surface area contributed by atoms with Gasteiger partial charge in [-0.3, -0.25) is 4.79 Å². The molecule has 34 heavy (non-hydrogen) atoms. The van der Waals surface area contributed by atoms with Crippen molar-refractivity contribution in [1.82, 2.24) is 19.4 Å². The SMILES string of the molecule is C=NN1C=C(C)C(N2CC[C@H](N)C2)=N/C1=C/C1CCCCN1C(=O)c1cccc2c1ccn2C. The fourth-order valence-electron chi connectivity index (χ4n) is 5.28. The highest BCUT2D eigenvalue weighted by molar-refractivity contribution is 6.06. The van der Waals surface area contributed by atoms with Crippen LogP contribution in [0.3, 0.4) is 0 Å². The number of aromatic nitrogens is 1. The standard InChI is InChI=1S/C26H33N7O/c1-18-16-33(28-2)24(29-25(18)31-14-10-19(27)17-31)15-20-7-4-5-12-32(20)26(34)22-8-6-9-23-21(22)11-13-30(23)3/h6,8-9,11,13,15-16,19-20H,2,4-5,7,10,12,14,17,27H2,1,3H3/b24-15-/t19-,20?/m0/s1. The number of amides is 1. The maximum Gasteiger partial charge on any atom is 0.255 e. The number of benzene rings is 1. The van der Waals surface area contributed by atoms with E-state index in [4.69, 9.17) is 10.7 Å². The van der Waals surface area contributed by atoms with E-state index in [-0.39, 0.29) is 18.0 Å². The van der Waals surface area contributed by atoms with Gasteiger partial charge in [-0.2, -0.15) is 5.10 Å². The molecule has 1 aromatic heterocycles. The molecule has 1 unspecified atom stereocenters. The number of aryl methyl sites for hydroxylation is 1. The van der Waals surface area contributed by atoms with Gasteiger partial charge in [-0.25, -0.2) is 10.0 Å². The molecule has 178 valence electrons. The quantitative estimate of drug-likeness (QED) is 0.714. The topological polar surface area (TPSA) is 82.5 Å². The number of rotatable bonds is 3. The van der Waals surface area contributed by atoms with Crippen molar-refractivity contribution in [3.05, 3.63) is 59.7 Å². The Morgan fingerprint density at radius 2 is 2.09 bits per heavy atom. The smallest absolute Gasteiger partial charge is 0.255 e. The number of carbonyl (C=O) groups is 1. The lowest BCUT2D eigenvalue weighted by atomic mass is 9.99. The second kappa shape index (κ2) is 9.10. The van der Waals surface area contributed by atoms with Gasteiger partial charge in [0.15, 0.2) is 5.82 Å². The van der Waals surface area contributed by atoms with Crippen molar-refractivity contribution < 1.29 is 4.79 Å². The van der Waals surface area contributed by atoms with E-state index in [2.05, 4.69) is 22.8 Å². The molecule has 1 amide bonds. The molecule has 2 fully saturated rings. The second-order valence-corrected chi connectivity index (χ2v) is 9.48. The zero-order valence-electron chi connectivity index (χ0n) is 20.0. The van der Waals surface area contributed by atoms with Gasteiger partial charge in [0.05, 0.1) is 6.04 Å². The minimum Gasteiger partial charge on any atom is -0.355 e. The summed E-state index contributed by atoms with van der Waals surface area (Å²) in [5.74, 6) is 1.70. The summed E-state index contributed by atoms with van der Waals surface area (Å²) in [6.07, 6.45) is 9.97. The number of aliphatic imine (C=N–C) groups is 1. The minimum atomic E-state index is -0.0582. The molecule has 2 atom stereocenters. The van der Waals surface area contributed by atoms with Gasteiger partial charge in [0, 0.05) is 73.9 Å². The number of piperidine rings is 1. The Morgan fingerprint density at radius 3 is 2.85 bits per heavy atom. The maximum atomic E-state index is 13.8. The van der Waals surface area contributed by atoms with Gasteiger partial charge in [0.25, 0.3) is 5.91 Å². The summed E-state index contributed by atoms with van der Waals surface area (Å²) in [6.45, 7) is 8.20.